The summed E-state index contributed by atoms with van der Waals surface area (Å²) >= 11 is 0. The second kappa shape index (κ2) is 10.7. The van der Waals surface area contributed by atoms with Crippen LogP contribution in [0.3, 0.4) is 0 Å². The molecule has 3 aromatic rings. The predicted molar refractivity (Wildman–Crippen MR) is 155 cm³/mol. The van der Waals surface area contributed by atoms with E-state index >= 15 is 0 Å². The second-order valence-corrected chi connectivity index (χ2v) is 10.9. The quantitative estimate of drug-likeness (QED) is 0.426. The van der Waals surface area contributed by atoms with Gasteiger partial charge in [0, 0.05) is 38.3 Å². The van der Waals surface area contributed by atoms with Gasteiger partial charge in [0.1, 0.15) is 5.41 Å². The summed E-state index contributed by atoms with van der Waals surface area (Å²) in [5.74, 6) is -0.347. The lowest BCUT2D eigenvalue weighted by Crippen LogP contribution is -2.47. The summed E-state index contributed by atoms with van der Waals surface area (Å²) in [7, 11) is 1.74. The van der Waals surface area contributed by atoms with Gasteiger partial charge in [0.25, 0.3) is 0 Å². The van der Waals surface area contributed by atoms with E-state index in [-0.39, 0.29) is 23.8 Å². The molecule has 0 spiro atoms. The van der Waals surface area contributed by atoms with Crippen LogP contribution in [0.2, 0.25) is 0 Å². The third-order valence-corrected chi connectivity index (χ3v) is 7.89. The Balaban J connectivity index is 1.44. The number of amides is 3. The summed E-state index contributed by atoms with van der Waals surface area (Å²) in [6.45, 7) is 6.38. The lowest BCUT2D eigenvalue weighted by atomic mass is 9.90. The minimum atomic E-state index is -1.13. The van der Waals surface area contributed by atoms with E-state index < -0.39 is 5.41 Å². The Morgan fingerprint density at radius 2 is 1.67 bits per heavy atom. The van der Waals surface area contributed by atoms with Gasteiger partial charge in [0.2, 0.25) is 17.7 Å². The smallest absolute Gasteiger partial charge is 0.242 e. The first kappa shape index (κ1) is 26.6. The summed E-state index contributed by atoms with van der Waals surface area (Å²) in [5.41, 5.74) is 5.73. The fourth-order valence-electron chi connectivity index (χ4n) is 5.56. The highest BCUT2D eigenvalue weighted by molar-refractivity contribution is 6.19. The van der Waals surface area contributed by atoms with Crippen LogP contribution in [-0.2, 0) is 33.8 Å². The van der Waals surface area contributed by atoms with E-state index in [9.17, 15) is 14.4 Å². The lowest BCUT2D eigenvalue weighted by Gasteiger charge is -2.27. The maximum absolute atomic E-state index is 13.2. The Morgan fingerprint density at radius 3 is 2.41 bits per heavy atom. The monoisotopic (exact) mass is 524 g/mol. The van der Waals surface area contributed by atoms with Gasteiger partial charge < -0.3 is 20.4 Å². The van der Waals surface area contributed by atoms with Crippen LogP contribution >= 0.6 is 0 Å². The van der Waals surface area contributed by atoms with Crippen molar-refractivity contribution in [2.24, 2.45) is 5.41 Å². The van der Waals surface area contributed by atoms with Crippen LogP contribution < -0.4 is 20.4 Å². The number of carbonyl (C=O) groups excluding carboxylic acids is 3. The number of fused-ring (bicyclic) bond motifs is 2. The highest BCUT2D eigenvalue weighted by Crippen LogP contribution is 2.39. The topological polar surface area (TPSA) is 81.8 Å². The molecule has 0 radical (unpaired) electrons. The molecule has 3 aromatic carbocycles. The summed E-state index contributed by atoms with van der Waals surface area (Å²) in [4.78, 5) is 41.8. The number of hydrogen-bond donors (Lipinski definition) is 2. The second-order valence-electron chi connectivity index (χ2n) is 10.9. The summed E-state index contributed by atoms with van der Waals surface area (Å²) in [6, 6.07) is 22.7. The molecule has 2 N–H and O–H groups in total. The average molecular weight is 525 g/mol. The van der Waals surface area contributed by atoms with Crippen LogP contribution in [0.15, 0.2) is 66.7 Å². The third-order valence-electron chi connectivity index (χ3n) is 7.89. The molecule has 0 bridgehead atoms. The largest absolute Gasteiger partial charge is 0.326 e. The van der Waals surface area contributed by atoms with Crippen LogP contribution in [0.25, 0.3) is 0 Å². The standard InChI is InChI=1S/C32H36N4O3/c1-5-36-27-15-11-22(18-28(27)35(4)30(38)32(2,3)31(36)39)20-33-25(17-21-9-7-6-8-10-21)24-13-12-23-14-16-29(37)34-26(23)19-24/h6-13,15,18-19,25,33H,5,14,16-17,20H2,1-4H3,(H,34,37). The molecule has 0 fully saturated rings. The Hall–Kier alpha value is -3.97. The summed E-state index contributed by atoms with van der Waals surface area (Å²) in [5, 5.41) is 6.75. The number of nitrogens with zero attached hydrogens (tertiary/aromatic N) is 2. The number of carbonyl (C=O) groups is 3. The van der Waals surface area contributed by atoms with Crippen LogP contribution in [0.1, 0.15) is 55.5 Å². The van der Waals surface area contributed by atoms with Crippen molar-refractivity contribution in [3.63, 3.8) is 0 Å². The molecule has 2 heterocycles. The van der Waals surface area contributed by atoms with E-state index in [2.05, 4.69) is 41.0 Å². The first-order chi connectivity index (χ1) is 18.7. The van der Waals surface area contributed by atoms with Crippen molar-refractivity contribution in [1.29, 1.82) is 0 Å². The number of rotatable bonds is 7. The summed E-state index contributed by atoms with van der Waals surface area (Å²) < 4.78 is 0. The van der Waals surface area contributed by atoms with E-state index in [0.29, 0.717) is 19.5 Å². The fourth-order valence-corrected chi connectivity index (χ4v) is 5.56. The van der Waals surface area contributed by atoms with Crippen molar-refractivity contribution in [3.8, 4) is 0 Å². The highest BCUT2D eigenvalue weighted by atomic mass is 16.2. The molecule has 5 rings (SSSR count). The van der Waals surface area contributed by atoms with Crippen molar-refractivity contribution in [3.05, 3.63) is 89.0 Å². The van der Waals surface area contributed by atoms with Gasteiger partial charge in [-0.15, -0.1) is 0 Å². The molecule has 0 saturated heterocycles. The first-order valence-corrected chi connectivity index (χ1v) is 13.6. The minimum Gasteiger partial charge on any atom is -0.326 e. The SMILES string of the molecule is CCN1C(=O)C(C)(C)C(=O)N(C)c2cc(CNC(Cc3ccccc3)c3ccc4c(c3)NC(=O)CC4)ccc21. The molecule has 3 amide bonds. The van der Waals surface area contributed by atoms with Gasteiger partial charge in [-0.25, -0.2) is 0 Å². The van der Waals surface area contributed by atoms with Gasteiger partial charge in [-0.3, -0.25) is 14.4 Å². The van der Waals surface area contributed by atoms with Gasteiger partial charge in [0.05, 0.1) is 11.4 Å². The zero-order valence-corrected chi connectivity index (χ0v) is 23.1. The Kier molecular flexibility index (Phi) is 7.28. The molecule has 0 saturated carbocycles. The minimum absolute atomic E-state index is 0.00218. The summed E-state index contributed by atoms with van der Waals surface area (Å²) in [6.07, 6.45) is 2.06. The first-order valence-electron chi connectivity index (χ1n) is 13.6. The molecule has 39 heavy (non-hydrogen) atoms. The molecule has 0 aromatic heterocycles. The average Bonchev–Trinajstić information content (AvgIpc) is 2.99. The van der Waals surface area contributed by atoms with Crippen LogP contribution in [0.4, 0.5) is 17.1 Å². The van der Waals surface area contributed by atoms with E-state index in [0.717, 1.165) is 46.6 Å². The van der Waals surface area contributed by atoms with Crippen molar-refractivity contribution in [2.45, 2.75) is 52.6 Å². The Labute approximate surface area is 230 Å². The van der Waals surface area contributed by atoms with Gasteiger partial charge >= 0.3 is 0 Å². The lowest BCUT2D eigenvalue weighted by molar-refractivity contribution is -0.137. The zero-order valence-electron chi connectivity index (χ0n) is 23.1. The van der Waals surface area contributed by atoms with Gasteiger partial charge in [-0.05, 0) is 74.1 Å². The molecule has 202 valence electrons. The van der Waals surface area contributed by atoms with E-state index in [1.54, 1.807) is 30.7 Å². The Morgan fingerprint density at radius 1 is 0.897 bits per heavy atom. The predicted octanol–water partition coefficient (Wildman–Crippen LogP) is 5.00. The van der Waals surface area contributed by atoms with E-state index in [1.807, 2.05) is 43.3 Å². The van der Waals surface area contributed by atoms with Crippen molar-refractivity contribution >= 4 is 34.8 Å². The zero-order chi connectivity index (χ0) is 27.7. The highest BCUT2D eigenvalue weighted by Gasteiger charge is 2.45. The molecular formula is C32H36N4O3. The third kappa shape index (κ3) is 5.19. The number of nitrogens with one attached hydrogen (secondary N) is 2. The van der Waals surface area contributed by atoms with E-state index in [4.69, 9.17) is 0 Å². The van der Waals surface area contributed by atoms with Crippen molar-refractivity contribution < 1.29 is 14.4 Å². The molecule has 2 aliphatic heterocycles. The van der Waals surface area contributed by atoms with Gasteiger partial charge in [-0.1, -0.05) is 48.5 Å². The molecule has 7 heteroatoms. The Bertz CT molecular complexity index is 1420. The fraction of sp³-hybridized carbons (Fsp3) is 0.344. The number of anilines is 3. The maximum atomic E-state index is 13.2. The van der Waals surface area contributed by atoms with Crippen LogP contribution in [0.5, 0.6) is 0 Å². The van der Waals surface area contributed by atoms with Crippen LogP contribution in [0, 0.1) is 5.41 Å². The molecule has 1 atom stereocenters. The molecular weight excluding hydrogens is 488 g/mol. The molecule has 0 aliphatic carbocycles. The molecule has 7 nitrogen and oxygen atoms in total. The maximum Gasteiger partial charge on any atom is 0.242 e. The van der Waals surface area contributed by atoms with Crippen LogP contribution in [-0.4, -0.2) is 31.3 Å². The molecule has 1 unspecified atom stereocenters. The number of aryl methyl sites for hydroxylation is 1. The number of hydrogen-bond acceptors (Lipinski definition) is 4. The normalized spacial score (nSPS) is 17.3. The number of benzene rings is 3. The molecule has 2 aliphatic rings. The van der Waals surface area contributed by atoms with E-state index in [1.165, 1.54) is 5.56 Å². The van der Waals surface area contributed by atoms with Gasteiger partial charge in [-0.2, -0.15) is 0 Å². The van der Waals surface area contributed by atoms with Gasteiger partial charge in [0.15, 0.2) is 0 Å². The van der Waals surface area contributed by atoms with Crippen molar-refractivity contribution in [2.75, 3.05) is 28.7 Å². The van der Waals surface area contributed by atoms with Crippen molar-refractivity contribution in [1.82, 2.24) is 5.32 Å².